The van der Waals surface area contributed by atoms with Gasteiger partial charge in [0.2, 0.25) is 0 Å². The molecule has 16 heavy (non-hydrogen) atoms. The summed E-state index contributed by atoms with van der Waals surface area (Å²) in [5, 5.41) is 10.7. The summed E-state index contributed by atoms with van der Waals surface area (Å²) >= 11 is 7.93. The fourth-order valence-corrected chi connectivity index (χ4v) is 3.23. The van der Waals surface area contributed by atoms with Crippen molar-refractivity contribution in [3.8, 4) is 0 Å². The maximum atomic E-state index is 9.35. The van der Waals surface area contributed by atoms with Gasteiger partial charge < -0.3 is 10.0 Å². The molecular weight excluding hydrogens is 242 g/mol. The highest BCUT2D eigenvalue weighted by Crippen LogP contribution is 2.28. The van der Waals surface area contributed by atoms with Crippen LogP contribution in [0, 0.1) is 0 Å². The van der Waals surface area contributed by atoms with Crippen LogP contribution in [0.1, 0.15) is 12.5 Å². The maximum absolute atomic E-state index is 9.35. The van der Waals surface area contributed by atoms with Crippen molar-refractivity contribution in [3.05, 3.63) is 28.8 Å². The third-order valence-electron chi connectivity index (χ3n) is 2.79. The highest BCUT2D eigenvalue weighted by Gasteiger charge is 2.18. The molecule has 1 aromatic rings. The van der Waals surface area contributed by atoms with Crippen molar-refractivity contribution < 1.29 is 5.11 Å². The van der Waals surface area contributed by atoms with E-state index < -0.39 is 0 Å². The minimum Gasteiger partial charge on any atom is -0.392 e. The lowest BCUT2D eigenvalue weighted by Crippen LogP contribution is -2.37. The summed E-state index contributed by atoms with van der Waals surface area (Å²) in [7, 11) is 0. The van der Waals surface area contributed by atoms with Crippen LogP contribution in [0.25, 0.3) is 0 Å². The topological polar surface area (TPSA) is 23.5 Å². The van der Waals surface area contributed by atoms with Crippen LogP contribution < -0.4 is 4.90 Å². The van der Waals surface area contributed by atoms with Crippen LogP contribution >= 0.6 is 23.4 Å². The van der Waals surface area contributed by atoms with E-state index in [4.69, 9.17) is 11.6 Å². The third kappa shape index (κ3) is 2.65. The Kier molecular flexibility index (Phi) is 4.00. The first kappa shape index (κ1) is 12.1. The zero-order valence-corrected chi connectivity index (χ0v) is 10.9. The summed E-state index contributed by atoms with van der Waals surface area (Å²) in [6.45, 7) is 4.38. The number of hydrogen-bond acceptors (Lipinski definition) is 3. The molecular formula is C12H16ClNOS. The van der Waals surface area contributed by atoms with Gasteiger partial charge in [-0.3, -0.25) is 0 Å². The molecule has 0 saturated carbocycles. The molecule has 1 heterocycles. The molecule has 1 aliphatic heterocycles. The molecule has 0 bridgehead atoms. The van der Waals surface area contributed by atoms with Crippen molar-refractivity contribution in [1.29, 1.82) is 0 Å². The number of rotatable bonds is 2. The van der Waals surface area contributed by atoms with E-state index in [1.807, 2.05) is 30.0 Å². The molecule has 1 saturated heterocycles. The Bertz CT molecular complexity index is 372. The quantitative estimate of drug-likeness (QED) is 0.881. The summed E-state index contributed by atoms with van der Waals surface area (Å²) in [5.41, 5.74) is 2.05. The molecule has 0 spiro atoms. The second-order valence-corrected chi connectivity index (χ2v) is 6.04. The summed E-state index contributed by atoms with van der Waals surface area (Å²) in [6, 6.07) is 5.75. The number of nitrogens with zero attached hydrogens (tertiary/aromatic N) is 1. The van der Waals surface area contributed by atoms with Gasteiger partial charge in [-0.2, -0.15) is 11.8 Å². The standard InChI is InChI=1S/C12H16ClNOS/c1-9-7-14(4-5-16-9)12-3-2-11(13)6-10(12)8-15/h2-3,6,9,15H,4-5,7-8H2,1H3. The first-order valence-corrected chi connectivity index (χ1v) is 6.89. The number of anilines is 1. The van der Waals surface area contributed by atoms with E-state index >= 15 is 0 Å². The van der Waals surface area contributed by atoms with E-state index in [-0.39, 0.29) is 6.61 Å². The van der Waals surface area contributed by atoms with Crippen LogP contribution in [0.4, 0.5) is 5.69 Å². The molecule has 1 aliphatic rings. The molecule has 1 aromatic carbocycles. The lowest BCUT2D eigenvalue weighted by atomic mass is 10.1. The van der Waals surface area contributed by atoms with Crippen molar-refractivity contribution in [3.63, 3.8) is 0 Å². The molecule has 0 aromatic heterocycles. The van der Waals surface area contributed by atoms with E-state index in [1.165, 1.54) is 0 Å². The molecule has 1 unspecified atom stereocenters. The van der Waals surface area contributed by atoms with Gasteiger partial charge in [0.15, 0.2) is 0 Å². The van der Waals surface area contributed by atoms with Gasteiger partial charge in [-0.05, 0) is 18.2 Å². The number of thioether (sulfide) groups is 1. The highest BCUT2D eigenvalue weighted by molar-refractivity contribution is 8.00. The van der Waals surface area contributed by atoms with Crippen LogP contribution in [0.5, 0.6) is 0 Å². The predicted molar refractivity (Wildman–Crippen MR) is 71.5 cm³/mol. The molecule has 0 radical (unpaired) electrons. The van der Waals surface area contributed by atoms with Gasteiger partial charge in [0.25, 0.3) is 0 Å². The van der Waals surface area contributed by atoms with Gasteiger partial charge in [-0.25, -0.2) is 0 Å². The normalized spacial score (nSPS) is 21.2. The molecule has 4 heteroatoms. The lowest BCUT2D eigenvalue weighted by molar-refractivity contribution is 0.282. The summed E-state index contributed by atoms with van der Waals surface area (Å²) in [6.07, 6.45) is 0. The van der Waals surface area contributed by atoms with Crippen molar-refractivity contribution >= 4 is 29.1 Å². The van der Waals surface area contributed by atoms with E-state index in [0.29, 0.717) is 10.3 Å². The van der Waals surface area contributed by atoms with Gasteiger partial charge in [0, 0.05) is 40.4 Å². The van der Waals surface area contributed by atoms with Gasteiger partial charge in [-0.1, -0.05) is 18.5 Å². The minimum absolute atomic E-state index is 0.0495. The number of hydrogen-bond donors (Lipinski definition) is 1. The fourth-order valence-electron chi connectivity index (χ4n) is 2.03. The molecule has 88 valence electrons. The molecule has 0 aliphatic carbocycles. The number of benzene rings is 1. The summed E-state index contributed by atoms with van der Waals surface area (Å²) in [5.74, 6) is 1.15. The maximum Gasteiger partial charge on any atom is 0.0702 e. The molecule has 1 N–H and O–H groups in total. The van der Waals surface area contributed by atoms with Gasteiger partial charge >= 0.3 is 0 Å². The molecule has 1 fully saturated rings. The first-order chi connectivity index (χ1) is 7.70. The SMILES string of the molecule is CC1CN(c2ccc(Cl)cc2CO)CCS1. The van der Waals surface area contributed by atoms with Crippen LogP contribution in [-0.2, 0) is 6.61 Å². The Morgan fingerprint density at radius 2 is 2.38 bits per heavy atom. The Morgan fingerprint density at radius 3 is 3.06 bits per heavy atom. The lowest BCUT2D eigenvalue weighted by Gasteiger charge is -2.33. The van der Waals surface area contributed by atoms with Crippen LogP contribution in [-0.4, -0.2) is 29.2 Å². The zero-order valence-electron chi connectivity index (χ0n) is 9.32. The second-order valence-electron chi connectivity index (χ2n) is 4.06. The minimum atomic E-state index is 0.0495. The molecule has 2 rings (SSSR count). The Balaban J connectivity index is 2.24. The highest BCUT2D eigenvalue weighted by atomic mass is 35.5. The van der Waals surface area contributed by atoms with Crippen molar-refractivity contribution in [1.82, 2.24) is 0 Å². The van der Waals surface area contributed by atoms with Crippen LogP contribution in [0.3, 0.4) is 0 Å². The molecule has 1 atom stereocenters. The van der Waals surface area contributed by atoms with Crippen molar-refractivity contribution in [2.75, 3.05) is 23.7 Å². The second kappa shape index (κ2) is 5.30. The van der Waals surface area contributed by atoms with Crippen molar-refractivity contribution in [2.45, 2.75) is 18.8 Å². The molecule has 0 amide bonds. The number of aliphatic hydroxyl groups excluding tert-OH is 1. The number of aliphatic hydroxyl groups is 1. The monoisotopic (exact) mass is 257 g/mol. The largest absolute Gasteiger partial charge is 0.392 e. The smallest absolute Gasteiger partial charge is 0.0702 e. The average molecular weight is 258 g/mol. The van der Waals surface area contributed by atoms with E-state index in [2.05, 4.69) is 11.8 Å². The van der Waals surface area contributed by atoms with Crippen molar-refractivity contribution in [2.24, 2.45) is 0 Å². The third-order valence-corrected chi connectivity index (χ3v) is 4.17. The average Bonchev–Trinajstić information content (AvgIpc) is 2.28. The van der Waals surface area contributed by atoms with Gasteiger partial charge in [0.05, 0.1) is 6.61 Å². The summed E-state index contributed by atoms with van der Waals surface area (Å²) in [4.78, 5) is 2.34. The van der Waals surface area contributed by atoms with E-state index in [9.17, 15) is 5.11 Å². The molecule has 2 nitrogen and oxygen atoms in total. The Labute approximate surface area is 106 Å². The fraction of sp³-hybridized carbons (Fsp3) is 0.500. The number of halogens is 1. The van der Waals surface area contributed by atoms with E-state index in [0.717, 1.165) is 30.1 Å². The Morgan fingerprint density at radius 1 is 1.56 bits per heavy atom. The predicted octanol–water partition coefficient (Wildman–Crippen LogP) is 2.77. The van der Waals surface area contributed by atoms with Crippen LogP contribution in [0.2, 0.25) is 5.02 Å². The van der Waals surface area contributed by atoms with E-state index in [1.54, 1.807) is 0 Å². The zero-order chi connectivity index (χ0) is 11.5. The Hall–Kier alpha value is -0.380. The van der Waals surface area contributed by atoms with Crippen LogP contribution in [0.15, 0.2) is 18.2 Å². The van der Waals surface area contributed by atoms with Gasteiger partial charge in [0.1, 0.15) is 0 Å². The van der Waals surface area contributed by atoms with Gasteiger partial charge in [-0.15, -0.1) is 0 Å². The summed E-state index contributed by atoms with van der Waals surface area (Å²) < 4.78 is 0. The first-order valence-electron chi connectivity index (χ1n) is 5.46.